The largest absolute Gasteiger partial charge is 0.123 e. The Hall–Kier alpha value is 0.290. The summed E-state index contributed by atoms with van der Waals surface area (Å²) < 4.78 is 0. The van der Waals surface area contributed by atoms with E-state index in [9.17, 15) is 0 Å². The molecule has 2 aliphatic rings. The first-order valence-electron chi connectivity index (χ1n) is 6.88. The van der Waals surface area contributed by atoms with Crippen molar-refractivity contribution in [3.8, 4) is 0 Å². The van der Waals surface area contributed by atoms with Crippen molar-refractivity contribution in [2.45, 2.75) is 70.1 Å². The molecule has 2 fully saturated rings. The molecule has 15 heavy (non-hydrogen) atoms. The van der Waals surface area contributed by atoms with Gasteiger partial charge in [0.2, 0.25) is 0 Å². The zero-order valence-corrected chi connectivity index (χ0v) is 10.8. The molecular formula is C14H25Cl. The molecule has 0 saturated heterocycles. The number of rotatable bonds is 2. The minimum absolute atomic E-state index is 0.492. The van der Waals surface area contributed by atoms with E-state index in [0.717, 1.165) is 17.8 Å². The quantitative estimate of drug-likeness (QED) is 0.584. The third-order valence-electron chi connectivity index (χ3n) is 4.52. The summed E-state index contributed by atoms with van der Waals surface area (Å²) in [5, 5.41) is 0.492. The van der Waals surface area contributed by atoms with Gasteiger partial charge in [-0.15, -0.1) is 11.6 Å². The average Bonchev–Trinajstić information content (AvgIpc) is 2.22. The Morgan fingerprint density at radius 3 is 2.33 bits per heavy atom. The van der Waals surface area contributed by atoms with Crippen molar-refractivity contribution in [3.63, 3.8) is 0 Å². The maximum atomic E-state index is 6.25. The van der Waals surface area contributed by atoms with Gasteiger partial charge < -0.3 is 0 Å². The number of hydrogen-bond donors (Lipinski definition) is 0. The normalized spacial score (nSPS) is 42.8. The highest BCUT2D eigenvalue weighted by Crippen LogP contribution is 2.37. The van der Waals surface area contributed by atoms with Gasteiger partial charge in [0.05, 0.1) is 0 Å². The summed E-state index contributed by atoms with van der Waals surface area (Å²) >= 11 is 6.25. The Balaban J connectivity index is 1.71. The Morgan fingerprint density at radius 2 is 1.67 bits per heavy atom. The van der Waals surface area contributed by atoms with Crippen LogP contribution in [0, 0.1) is 17.8 Å². The highest BCUT2D eigenvalue weighted by Gasteiger charge is 2.25. The smallest absolute Gasteiger partial charge is 0.0338 e. The molecule has 0 aliphatic heterocycles. The van der Waals surface area contributed by atoms with Gasteiger partial charge in [-0.1, -0.05) is 45.4 Å². The summed E-state index contributed by atoms with van der Waals surface area (Å²) in [6.45, 7) is 2.41. The second kappa shape index (κ2) is 5.57. The van der Waals surface area contributed by atoms with Gasteiger partial charge in [-0.2, -0.15) is 0 Å². The molecule has 0 amide bonds. The first-order chi connectivity index (χ1) is 7.24. The molecule has 0 nitrogen and oxygen atoms in total. The predicted molar refractivity (Wildman–Crippen MR) is 67.3 cm³/mol. The minimum Gasteiger partial charge on any atom is -0.123 e. The summed E-state index contributed by atoms with van der Waals surface area (Å²) in [5.41, 5.74) is 0. The van der Waals surface area contributed by atoms with E-state index >= 15 is 0 Å². The van der Waals surface area contributed by atoms with Gasteiger partial charge in [0.25, 0.3) is 0 Å². The zero-order valence-electron chi connectivity index (χ0n) is 10.1. The van der Waals surface area contributed by atoms with Crippen molar-refractivity contribution >= 4 is 11.6 Å². The molecule has 2 atom stereocenters. The average molecular weight is 229 g/mol. The second-order valence-electron chi connectivity index (χ2n) is 5.99. The molecule has 0 heterocycles. The topological polar surface area (TPSA) is 0 Å². The van der Waals surface area contributed by atoms with Crippen molar-refractivity contribution in [2.24, 2.45) is 17.8 Å². The lowest BCUT2D eigenvalue weighted by Gasteiger charge is -2.32. The standard InChI is InChI=1S/C14H25Cl/c1-11-5-7-12(8-6-11)9-13-3-2-4-14(15)10-13/h11-14H,2-10H2,1H3. The zero-order chi connectivity index (χ0) is 10.7. The van der Waals surface area contributed by atoms with Gasteiger partial charge >= 0.3 is 0 Å². The Morgan fingerprint density at radius 1 is 0.933 bits per heavy atom. The number of alkyl halides is 1. The fourth-order valence-corrected chi connectivity index (χ4v) is 3.88. The Kier molecular flexibility index (Phi) is 4.37. The Labute approximate surface area is 99.8 Å². The fourth-order valence-electron chi connectivity index (χ4n) is 3.48. The first kappa shape index (κ1) is 11.8. The first-order valence-corrected chi connectivity index (χ1v) is 7.31. The van der Waals surface area contributed by atoms with Crippen LogP contribution in [0.5, 0.6) is 0 Å². The van der Waals surface area contributed by atoms with Crippen molar-refractivity contribution in [1.29, 1.82) is 0 Å². The second-order valence-corrected chi connectivity index (χ2v) is 6.61. The molecule has 0 spiro atoms. The monoisotopic (exact) mass is 228 g/mol. The van der Waals surface area contributed by atoms with Crippen molar-refractivity contribution in [2.75, 3.05) is 0 Å². The summed E-state index contributed by atoms with van der Waals surface area (Å²) in [7, 11) is 0. The highest BCUT2D eigenvalue weighted by atomic mass is 35.5. The van der Waals surface area contributed by atoms with Gasteiger partial charge in [0.15, 0.2) is 0 Å². The van der Waals surface area contributed by atoms with Gasteiger partial charge in [-0.05, 0) is 37.0 Å². The van der Waals surface area contributed by atoms with Crippen LogP contribution in [0.15, 0.2) is 0 Å². The third-order valence-corrected chi connectivity index (χ3v) is 4.92. The molecule has 0 aromatic heterocycles. The van der Waals surface area contributed by atoms with Crippen LogP contribution in [0.4, 0.5) is 0 Å². The van der Waals surface area contributed by atoms with Crippen LogP contribution in [-0.2, 0) is 0 Å². The molecule has 0 radical (unpaired) electrons. The van der Waals surface area contributed by atoms with E-state index < -0.39 is 0 Å². The number of hydrogen-bond acceptors (Lipinski definition) is 0. The van der Waals surface area contributed by atoms with Crippen LogP contribution in [0.25, 0.3) is 0 Å². The lowest BCUT2D eigenvalue weighted by atomic mass is 9.75. The van der Waals surface area contributed by atoms with Crippen LogP contribution in [-0.4, -0.2) is 5.38 Å². The molecule has 0 bridgehead atoms. The van der Waals surface area contributed by atoms with E-state index in [1.165, 1.54) is 57.8 Å². The molecule has 2 rings (SSSR count). The van der Waals surface area contributed by atoms with Crippen LogP contribution in [0.3, 0.4) is 0 Å². The molecule has 0 aromatic carbocycles. The predicted octanol–water partition coefficient (Wildman–Crippen LogP) is 5.00. The van der Waals surface area contributed by atoms with Crippen LogP contribution < -0.4 is 0 Å². The fraction of sp³-hybridized carbons (Fsp3) is 1.00. The highest BCUT2D eigenvalue weighted by molar-refractivity contribution is 6.20. The molecule has 88 valence electrons. The minimum atomic E-state index is 0.492. The van der Waals surface area contributed by atoms with Crippen molar-refractivity contribution < 1.29 is 0 Å². The van der Waals surface area contributed by atoms with E-state index in [2.05, 4.69) is 6.92 Å². The Bertz CT molecular complexity index is 182. The van der Waals surface area contributed by atoms with E-state index in [1.807, 2.05) is 0 Å². The van der Waals surface area contributed by atoms with Crippen LogP contribution >= 0.6 is 11.6 Å². The van der Waals surface area contributed by atoms with E-state index in [-0.39, 0.29) is 0 Å². The van der Waals surface area contributed by atoms with Crippen molar-refractivity contribution in [1.82, 2.24) is 0 Å². The van der Waals surface area contributed by atoms with Gasteiger partial charge in [-0.25, -0.2) is 0 Å². The van der Waals surface area contributed by atoms with Crippen LogP contribution in [0.2, 0.25) is 0 Å². The maximum absolute atomic E-state index is 6.25. The summed E-state index contributed by atoms with van der Waals surface area (Å²) in [5.74, 6) is 2.99. The van der Waals surface area contributed by atoms with E-state index in [1.54, 1.807) is 0 Å². The molecular weight excluding hydrogens is 204 g/mol. The van der Waals surface area contributed by atoms with E-state index in [0.29, 0.717) is 5.38 Å². The molecule has 1 heteroatoms. The van der Waals surface area contributed by atoms with Crippen LogP contribution in [0.1, 0.15) is 64.7 Å². The SMILES string of the molecule is CC1CCC(CC2CCCC(Cl)C2)CC1. The lowest BCUT2D eigenvalue weighted by Crippen LogP contribution is -2.21. The van der Waals surface area contributed by atoms with Gasteiger partial charge in [0.1, 0.15) is 0 Å². The molecule has 0 N–H and O–H groups in total. The molecule has 2 aliphatic carbocycles. The summed E-state index contributed by atoms with van der Waals surface area (Å²) in [6.07, 6.45) is 12.8. The van der Waals surface area contributed by atoms with Crippen molar-refractivity contribution in [3.05, 3.63) is 0 Å². The molecule has 0 aromatic rings. The number of halogens is 1. The molecule has 2 saturated carbocycles. The molecule has 2 unspecified atom stereocenters. The van der Waals surface area contributed by atoms with Gasteiger partial charge in [0, 0.05) is 5.38 Å². The lowest BCUT2D eigenvalue weighted by molar-refractivity contribution is 0.220. The van der Waals surface area contributed by atoms with E-state index in [4.69, 9.17) is 11.6 Å². The maximum Gasteiger partial charge on any atom is 0.0338 e. The van der Waals surface area contributed by atoms with Gasteiger partial charge in [-0.3, -0.25) is 0 Å². The summed E-state index contributed by atoms with van der Waals surface area (Å²) in [6, 6.07) is 0. The summed E-state index contributed by atoms with van der Waals surface area (Å²) in [4.78, 5) is 0. The third kappa shape index (κ3) is 3.66.